The van der Waals surface area contributed by atoms with Crippen LogP contribution < -0.4 is 10.1 Å². The Morgan fingerprint density at radius 2 is 1.90 bits per heavy atom. The number of amides is 2. The molecular weight excluding hydrogens is 420 g/mol. The number of hydrogen-bond acceptors (Lipinski definition) is 4. The van der Waals surface area contributed by atoms with Crippen molar-refractivity contribution in [3.63, 3.8) is 0 Å². The first kappa shape index (κ1) is 22.6. The maximum atomic E-state index is 12.4. The molecule has 31 heavy (non-hydrogen) atoms. The molecule has 0 atom stereocenters. The van der Waals surface area contributed by atoms with Gasteiger partial charge in [-0.25, -0.2) is 4.79 Å². The molecule has 0 saturated carbocycles. The highest BCUT2D eigenvalue weighted by atomic mass is 35.5. The van der Waals surface area contributed by atoms with Crippen LogP contribution in [0.1, 0.15) is 41.6 Å². The highest BCUT2D eigenvalue weighted by Crippen LogP contribution is 2.29. The summed E-state index contributed by atoms with van der Waals surface area (Å²) in [5.41, 5.74) is 1.96. The van der Waals surface area contributed by atoms with E-state index in [0.29, 0.717) is 60.8 Å². The largest absolute Gasteiger partial charge is 0.482 e. The topological polar surface area (TPSA) is 95.9 Å². The lowest BCUT2D eigenvalue weighted by atomic mass is 10.0. The van der Waals surface area contributed by atoms with Gasteiger partial charge < -0.3 is 20.1 Å². The van der Waals surface area contributed by atoms with Gasteiger partial charge in [0.1, 0.15) is 5.75 Å². The van der Waals surface area contributed by atoms with E-state index in [1.54, 1.807) is 24.3 Å². The Morgan fingerprint density at radius 3 is 2.68 bits per heavy atom. The number of carbonyl (C=O) groups excluding carboxylic acids is 2. The van der Waals surface area contributed by atoms with Crippen molar-refractivity contribution in [2.24, 2.45) is 0 Å². The Kier molecular flexibility index (Phi) is 7.89. The SMILES string of the molecule is O=C1COc2ccc(C(=O)CCCCCN(CCc3ccccc3Cl)C(=O)O)cc2N1. The summed E-state index contributed by atoms with van der Waals surface area (Å²) in [6.07, 6.45) is 2.05. The lowest BCUT2D eigenvalue weighted by molar-refractivity contribution is -0.118. The maximum Gasteiger partial charge on any atom is 0.407 e. The van der Waals surface area contributed by atoms with Crippen molar-refractivity contribution in [2.45, 2.75) is 32.1 Å². The van der Waals surface area contributed by atoms with Crippen LogP contribution in [-0.4, -0.2) is 47.5 Å². The van der Waals surface area contributed by atoms with Crippen molar-refractivity contribution in [1.82, 2.24) is 4.90 Å². The van der Waals surface area contributed by atoms with Crippen molar-refractivity contribution in [1.29, 1.82) is 0 Å². The summed E-state index contributed by atoms with van der Waals surface area (Å²) in [4.78, 5) is 36.8. The fourth-order valence-electron chi connectivity index (χ4n) is 3.43. The van der Waals surface area contributed by atoms with Crippen molar-refractivity contribution in [3.8, 4) is 5.75 Å². The van der Waals surface area contributed by atoms with Crippen molar-refractivity contribution in [3.05, 3.63) is 58.6 Å². The van der Waals surface area contributed by atoms with Crippen LogP contribution in [0.5, 0.6) is 5.75 Å². The van der Waals surface area contributed by atoms with Crippen LogP contribution in [0.2, 0.25) is 5.02 Å². The molecular formula is C23H25ClN2O5. The molecule has 2 aromatic carbocycles. The monoisotopic (exact) mass is 444 g/mol. The molecule has 2 amide bonds. The third-order valence-corrected chi connectivity index (χ3v) is 5.51. The van der Waals surface area contributed by atoms with E-state index < -0.39 is 6.09 Å². The van der Waals surface area contributed by atoms with E-state index in [4.69, 9.17) is 16.3 Å². The molecule has 0 unspecified atom stereocenters. The van der Waals surface area contributed by atoms with E-state index in [1.807, 2.05) is 18.2 Å². The summed E-state index contributed by atoms with van der Waals surface area (Å²) in [5.74, 6) is 0.299. The van der Waals surface area contributed by atoms with Crippen LogP contribution >= 0.6 is 11.6 Å². The molecule has 0 fully saturated rings. The number of ether oxygens (including phenoxy) is 1. The molecule has 3 rings (SSSR count). The van der Waals surface area contributed by atoms with Crippen LogP contribution in [0.4, 0.5) is 10.5 Å². The molecule has 1 aliphatic heterocycles. The molecule has 0 aromatic heterocycles. The average Bonchev–Trinajstić information content (AvgIpc) is 2.75. The number of benzene rings is 2. The number of Topliss-reactive ketones (excluding diaryl/α,β-unsaturated/α-hetero) is 1. The summed E-state index contributed by atoms with van der Waals surface area (Å²) in [6, 6.07) is 12.4. The van der Waals surface area contributed by atoms with E-state index in [-0.39, 0.29) is 18.3 Å². The lowest BCUT2D eigenvalue weighted by Gasteiger charge is -2.19. The van der Waals surface area contributed by atoms with Gasteiger partial charge in [0, 0.05) is 30.1 Å². The van der Waals surface area contributed by atoms with E-state index in [9.17, 15) is 19.5 Å². The highest BCUT2D eigenvalue weighted by Gasteiger charge is 2.18. The van der Waals surface area contributed by atoms with Gasteiger partial charge in [0.15, 0.2) is 12.4 Å². The zero-order valence-corrected chi connectivity index (χ0v) is 17.9. The molecule has 0 aliphatic carbocycles. The van der Waals surface area contributed by atoms with Gasteiger partial charge in [-0.15, -0.1) is 0 Å². The second-order valence-electron chi connectivity index (χ2n) is 7.39. The molecule has 0 radical (unpaired) electrons. The number of nitrogens with one attached hydrogen (secondary N) is 1. The van der Waals surface area contributed by atoms with Crippen LogP contribution in [0, 0.1) is 0 Å². The van der Waals surface area contributed by atoms with E-state index in [1.165, 1.54) is 4.90 Å². The fourth-order valence-corrected chi connectivity index (χ4v) is 3.66. The zero-order valence-electron chi connectivity index (χ0n) is 17.1. The summed E-state index contributed by atoms with van der Waals surface area (Å²) >= 11 is 6.13. The minimum atomic E-state index is -0.957. The average molecular weight is 445 g/mol. The number of fused-ring (bicyclic) bond motifs is 1. The first-order chi connectivity index (χ1) is 14.9. The summed E-state index contributed by atoms with van der Waals surface area (Å²) in [6.45, 7) is 0.767. The predicted octanol–water partition coefficient (Wildman–Crippen LogP) is 4.64. The Labute approximate surface area is 186 Å². The molecule has 0 spiro atoms. The number of unbranched alkanes of at least 4 members (excludes halogenated alkanes) is 2. The third-order valence-electron chi connectivity index (χ3n) is 5.15. The van der Waals surface area contributed by atoms with Gasteiger partial charge in [-0.3, -0.25) is 9.59 Å². The first-order valence-corrected chi connectivity index (χ1v) is 10.6. The first-order valence-electron chi connectivity index (χ1n) is 10.2. The minimum absolute atomic E-state index is 0.0172. The van der Waals surface area contributed by atoms with Crippen molar-refractivity contribution >= 4 is 35.1 Å². The van der Waals surface area contributed by atoms with Gasteiger partial charge in [0.2, 0.25) is 0 Å². The quantitative estimate of drug-likeness (QED) is 0.411. The predicted molar refractivity (Wildman–Crippen MR) is 118 cm³/mol. The zero-order chi connectivity index (χ0) is 22.2. The number of anilines is 1. The molecule has 1 heterocycles. The molecule has 7 nitrogen and oxygen atoms in total. The molecule has 0 bridgehead atoms. The maximum absolute atomic E-state index is 12.4. The number of ketones is 1. The Balaban J connectivity index is 1.40. The van der Waals surface area contributed by atoms with Gasteiger partial charge in [-0.2, -0.15) is 0 Å². The Hall–Kier alpha value is -3.06. The minimum Gasteiger partial charge on any atom is -0.482 e. The molecule has 164 valence electrons. The summed E-state index contributed by atoms with van der Waals surface area (Å²) < 4.78 is 5.30. The third kappa shape index (κ3) is 6.46. The van der Waals surface area contributed by atoms with Crippen LogP contribution in [0.3, 0.4) is 0 Å². The number of nitrogens with zero attached hydrogens (tertiary/aromatic N) is 1. The number of hydrogen-bond donors (Lipinski definition) is 2. The van der Waals surface area contributed by atoms with Crippen molar-refractivity contribution < 1.29 is 24.2 Å². The second-order valence-corrected chi connectivity index (χ2v) is 7.80. The fraction of sp³-hybridized carbons (Fsp3) is 0.348. The number of carbonyl (C=O) groups is 3. The van der Waals surface area contributed by atoms with Crippen LogP contribution in [-0.2, 0) is 11.2 Å². The molecule has 1 aliphatic rings. The Bertz CT molecular complexity index is 963. The lowest BCUT2D eigenvalue weighted by Crippen LogP contribution is -2.32. The molecule has 2 aromatic rings. The highest BCUT2D eigenvalue weighted by molar-refractivity contribution is 6.31. The molecule has 8 heteroatoms. The van der Waals surface area contributed by atoms with E-state index >= 15 is 0 Å². The van der Waals surface area contributed by atoms with Crippen molar-refractivity contribution in [2.75, 3.05) is 25.0 Å². The van der Waals surface area contributed by atoms with E-state index in [0.717, 1.165) is 12.0 Å². The van der Waals surface area contributed by atoms with Gasteiger partial charge in [0.25, 0.3) is 5.91 Å². The summed E-state index contributed by atoms with van der Waals surface area (Å²) in [7, 11) is 0. The Morgan fingerprint density at radius 1 is 1.10 bits per heavy atom. The molecule has 0 saturated heterocycles. The van der Waals surface area contributed by atoms with Gasteiger partial charge in [-0.1, -0.05) is 36.2 Å². The summed E-state index contributed by atoms with van der Waals surface area (Å²) in [5, 5.41) is 12.8. The number of rotatable bonds is 10. The number of carboxylic acid groups (broad SMARTS) is 1. The van der Waals surface area contributed by atoms with Crippen LogP contribution in [0.25, 0.3) is 0 Å². The van der Waals surface area contributed by atoms with Gasteiger partial charge in [0.05, 0.1) is 5.69 Å². The normalized spacial score (nSPS) is 12.5. The molecule has 2 N–H and O–H groups in total. The van der Waals surface area contributed by atoms with Gasteiger partial charge >= 0.3 is 6.09 Å². The standard InChI is InChI=1S/C23H25ClN2O5/c24-18-7-4-3-6-16(18)11-13-26(23(29)30)12-5-1-2-8-20(27)17-9-10-21-19(14-17)25-22(28)15-31-21/h3-4,6-7,9-10,14H,1-2,5,8,11-13,15H2,(H,25,28)(H,29,30). The van der Waals surface area contributed by atoms with E-state index in [2.05, 4.69) is 5.32 Å². The van der Waals surface area contributed by atoms with Gasteiger partial charge in [-0.05, 0) is 49.1 Å². The second kappa shape index (κ2) is 10.8. The van der Waals surface area contributed by atoms with Crippen LogP contribution in [0.15, 0.2) is 42.5 Å². The number of halogens is 1. The smallest absolute Gasteiger partial charge is 0.407 e.